The molecule has 4 N–H and O–H groups in total. The van der Waals surface area contributed by atoms with Gasteiger partial charge >= 0.3 is 11.9 Å². The van der Waals surface area contributed by atoms with Gasteiger partial charge in [-0.25, -0.2) is 14.5 Å². The van der Waals surface area contributed by atoms with Crippen LogP contribution in [0.3, 0.4) is 0 Å². The zero-order valence-corrected chi connectivity index (χ0v) is 23.5. The van der Waals surface area contributed by atoms with Gasteiger partial charge < -0.3 is 44.3 Å². The van der Waals surface area contributed by atoms with Crippen LogP contribution in [0.5, 0.6) is 0 Å². The molecule has 0 radical (unpaired) electrons. The van der Waals surface area contributed by atoms with E-state index in [0.29, 0.717) is 13.0 Å². The molecule has 0 aliphatic carbocycles. The highest BCUT2D eigenvalue weighted by atomic mass is 16.5. The van der Waals surface area contributed by atoms with Gasteiger partial charge in [0.2, 0.25) is 17.5 Å². The van der Waals surface area contributed by atoms with E-state index in [9.17, 15) is 39.6 Å². The highest BCUT2D eigenvalue weighted by Gasteiger charge is 2.33. The molecular weight excluding hydrogens is 520 g/mol. The maximum absolute atomic E-state index is 11.6. The first-order chi connectivity index (χ1) is 18.4. The molecule has 14 nitrogen and oxygen atoms in total. The molecule has 0 amide bonds. The number of hydrogen-bond acceptors (Lipinski definition) is 14. The normalized spacial score (nSPS) is 13.4. The van der Waals surface area contributed by atoms with Crippen molar-refractivity contribution in [3.63, 3.8) is 0 Å². The summed E-state index contributed by atoms with van der Waals surface area (Å²) in [5.74, 6) is -5.57. The molecule has 2 unspecified atom stereocenters. The van der Waals surface area contributed by atoms with Crippen LogP contribution in [0.1, 0.15) is 46.0 Å². The SMILES string of the molecule is CCC(=O)C(=O)OCCCN(CCC(O)(O)N(CCCOC(=O)C(=O)CC)CC(O)COC)CC(O)COC. The number of hydrogen-bond donors (Lipinski definition) is 4. The summed E-state index contributed by atoms with van der Waals surface area (Å²) < 4.78 is 19.7. The average Bonchev–Trinajstić information content (AvgIpc) is 2.90. The second-order valence-electron chi connectivity index (χ2n) is 9.02. The first kappa shape index (κ1) is 37.0. The molecule has 0 rings (SSSR count). The average molecular weight is 567 g/mol. The minimum Gasteiger partial charge on any atom is -0.460 e. The van der Waals surface area contributed by atoms with Crippen molar-refractivity contribution in [1.82, 2.24) is 9.80 Å². The second-order valence-corrected chi connectivity index (χ2v) is 9.02. The zero-order valence-electron chi connectivity index (χ0n) is 23.5. The van der Waals surface area contributed by atoms with Crippen molar-refractivity contribution in [1.29, 1.82) is 0 Å². The summed E-state index contributed by atoms with van der Waals surface area (Å²) in [6.07, 6.45) is -1.61. The quantitative estimate of drug-likeness (QED) is 0.0454. The van der Waals surface area contributed by atoms with E-state index in [1.54, 1.807) is 11.8 Å². The van der Waals surface area contributed by atoms with E-state index < -0.39 is 41.6 Å². The number of aliphatic hydroxyl groups excluding tert-OH is 2. The van der Waals surface area contributed by atoms with Crippen LogP contribution in [0.15, 0.2) is 0 Å². The Morgan fingerprint density at radius 2 is 1.21 bits per heavy atom. The van der Waals surface area contributed by atoms with Crippen LogP contribution < -0.4 is 0 Å². The lowest BCUT2D eigenvalue weighted by Crippen LogP contribution is -2.54. The summed E-state index contributed by atoms with van der Waals surface area (Å²) in [6.45, 7) is 3.28. The predicted molar refractivity (Wildman–Crippen MR) is 137 cm³/mol. The Labute approximate surface area is 229 Å². The molecule has 2 atom stereocenters. The molecule has 0 saturated carbocycles. The number of carbonyl (C=O) groups excluding carboxylic acids is 4. The highest BCUT2D eigenvalue weighted by molar-refractivity contribution is 6.33. The smallest absolute Gasteiger partial charge is 0.374 e. The maximum atomic E-state index is 11.6. The number of Topliss-reactive ketones (excluding diaryl/α,β-unsaturated/α-hetero) is 2. The molecule has 0 aromatic heterocycles. The van der Waals surface area contributed by atoms with Gasteiger partial charge in [0.15, 0.2) is 0 Å². The minimum absolute atomic E-state index is 0.00901. The molecule has 0 aromatic rings. The van der Waals surface area contributed by atoms with Crippen molar-refractivity contribution in [3.8, 4) is 0 Å². The number of nitrogens with zero attached hydrogens (tertiary/aromatic N) is 2. The van der Waals surface area contributed by atoms with Crippen molar-refractivity contribution >= 4 is 23.5 Å². The summed E-state index contributed by atoms with van der Waals surface area (Å²) in [6, 6.07) is 0. The van der Waals surface area contributed by atoms with Gasteiger partial charge in [-0.15, -0.1) is 0 Å². The number of aliphatic hydroxyl groups is 4. The van der Waals surface area contributed by atoms with Crippen molar-refractivity contribution in [2.75, 3.05) is 73.4 Å². The van der Waals surface area contributed by atoms with Gasteiger partial charge in [0, 0.05) is 66.2 Å². The summed E-state index contributed by atoms with van der Waals surface area (Å²) in [4.78, 5) is 48.8. The Bertz CT molecular complexity index is 734. The maximum Gasteiger partial charge on any atom is 0.374 e. The van der Waals surface area contributed by atoms with Crippen LogP contribution >= 0.6 is 0 Å². The van der Waals surface area contributed by atoms with Crippen LogP contribution in [0.4, 0.5) is 0 Å². The third-order valence-corrected chi connectivity index (χ3v) is 5.64. The lowest BCUT2D eigenvalue weighted by atomic mass is 10.2. The van der Waals surface area contributed by atoms with Crippen molar-refractivity contribution in [2.24, 2.45) is 0 Å². The standard InChI is InChI=1S/C25H46N2O12/c1-5-21(30)23(32)38-13-7-10-26(15-19(28)17-36-3)12-9-25(34,35)27(16-20(29)18-37-4)11-8-14-39-24(33)22(31)6-2/h19-20,28-29,34-35H,5-18H2,1-4H3. The number of esters is 2. The van der Waals surface area contributed by atoms with Gasteiger partial charge in [-0.1, -0.05) is 13.8 Å². The van der Waals surface area contributed by atoms with Crippen molar-refractivity contribution in [3.05, 3.63) is 0 Å². The van der Waals surface area contributed by atoms with E-state index in [1.807, 2.05) is 0 Å². The van der Waals surface area contributed by atoms with Crippen LogP contribution in [0.2, 0.25) is 0 Å². The summed E-state index contributed by atoms with van der Waals surface area (Å²) >= 11 is 0. The summed E-state index contributed by atoms with van der Waals surface area (Å²) in [7, 11) is 2.82. The van der Waals surface area contributed by atoms with Gasteiger partial charge in [-0.2, -0.15) is 0 Å². The number of ether oxygens (including phenoxy) is 4. The molecule has 0 aromatic carbocycles. The fourth-order valence-electron chi connectivity index (χ4n) is 3.54. The van der Waals surface area contributed by atoms with Gasteiger partial charge in [0.1, 0.15) is 0 Å². The Hall–Kier alpha value is -2.04. The van der Waals surface area contributed by atoms with Gasteiger partial charge in [-0.3, -0.25) is 9.59 Å². The molecule has 228 valence electrons. The van der Waals surface area contributed by atoms with Gasteiger partial charge in [0.25, 0.3) is 0 Å². The Kier molecular flexibility index (Phi) is 19.7. The summed E-state index contributed by atoms with van der Waals surface area (Å²) in [5, 5.41) is 42.2. The predicted octanol–water partition coefficient (Wildman–Crippen LogP) is -1.54. The zero-order chi connectivity index (χ0) is 29.8. The second kappa shape index (κ2) is 20.8. The van der Waals surface area contributed by atoms with E-state index in [1.165, 1.54) is 26.0 Å². The van der Waals surface area contributed by atoms with E-state index in [2.05, 4.69) is 0 Å². The van der Waals surface area contributed by atoms with E-state index in [-0.39, 0.29) is 78.3 Å². The molecular formula is C25H46N2O12. The lowest BCUT2D eigenvalue weighted by molar-refractivity contribution is -0.275. The van der Waals surface area contributed by atoms with Crippen LogP contribution in [0.25, 0.3) is 0 Å². The van der Waals surface area contributed by atoms with Gasteiger partial charge in [0.05, 0.1) is 38.6 Å². The molecule has 0 heterocycles. The summed E-state index contributed by atoms with van der Waals surface area (Å²) in [5.41, 5.74) is 0. The van der Waals surface area contributed by atoms with E-state index in [4.69, 9.17) is 18.9 Å². The fraction of sp³-hybridized carbons (Fsp3) is 0.840. The molecule has 0 fully saturated rings. The Morgan fingerprint density at radius 3 is 1.67 bits per heavy atom. The molecule has 0 aliphatic rings. The topological polar surface area (TPSA) is 193 Å². The van der Waals surface area contributed by atoms with Crippen molar-refractivity contribution in [2.45, 2.75) is 64.1 Å². The van der Waals surface area contributed by atoms with Crippen LogP contribution in [-0.2, 0) is 38.1 Å². The molecule has 0 saturated heterocycles. The van der Waals surface area contributed by atoms with Gasteiger partial charge in [-0.05, 0) is 12.8 Å². The Morgan fingerprint density at radius 1 is 0.744 bits per heavy atom. The lowest BCUT2D eigenvalue weighted by Gasteiger charge is -2.38. The first-order valence-corrected chi connectivity index (χ1v) is 13.1. The minimum atomic E-state index is -2.40. The monoisotopic (exact) mass is 566 g/mol. The first-order valence-electron chi connectivity index (χ1n) is 13.1. The third kappa shape index (κ3) is 16.6. The molecule has 0 spiro atoms. The number of methoxy groups -OCH3 is 2. The third-order valence-electron chi connectivity index (χ3n) is 5.64. The molecule has 0 bridgehead atoms. The van der Waals surface area contributed by atoms with Crippen molar-refractivity contribution < 1.29 is 58.6 Å². The number of carbonyl (C=O) groups is 4. The molecule has 39 heavy (non-hydrogen) atoms. The molecule has 14 heteroatoms. The fourth-order valence-corrected chi connectivity index (χ4v) is 3.54. The van der Waals surface area contributed by atoms with E-state index in [0.717, 1.165) is 0 Å². The largest absolute Gasteiger partial charge is 0.460 e. The van der Waals surface area contributed by atoms with E-state index >= 15 is 0 Å². The Balaban J connectivity index is 5.19. The van der Waals surface area contributed by atoms with Crippen LogP contribution in [-0.4, -0.2) is 145 Å². The highest BCUT2D eigenvalue weighted by Crippen LogP contribution is 2.16. The van der Waals surface area contributed by atoms with Crippen LogP contribution in [0, 0.1) is 0 Å². The number of ketones is 2. The molecule has 0 aliphatic heterocycles. The number of rotatable bonds is 24.